The Hall–Kier alpha value is -2.87. The third kappa shape index (κ3) is 13.5. The molecule has 21 aliphatic rings. The van der Waals surface area contributed by atoms with Crippen LogP contribution in [0.5, 0.6) is 0 Å². The number of hydrogen-bond donors (Lipinski definition) is 22. The average Bonchev–Trinajstić information content (AvgIpc) is 3.09. The number of ether oxygens (including phenoxy) is 14. The van der Waals surface area contributed by atoms with E-state index in [9.17, 15) is 112 Å². The first-order valence-corrected chi connectivity index (χ1v) is 27.4. The van der Waals surface area contributed by atoms with Crippen LogP contribution in [0.15, 0.2) is 24.3 Å². The van der Waals surface area contributed by atoms with Crippen LogP contribution in [-0.2, 0) is 66.3 Å². The molecule has 0 amide bonds. The Morgan fingerprint density at radius 2 is 0.523 bits per heavy atom. The van der Waals surface area contributed by atoms with Gasteiger partial charge >= 0.3 is 5.97 Å². The highest BCUT2D eigenvalue weighted by Gasteiger charge is 2.59. The topological polar surface area (TPSA) is 583 Å². The van der Waals surface area contributed by atoms with Gasteiger partial charge in [-0.1, -0.05) is 6.07 Å². The van der Waals surface area contributed by atoms with Gasteiger partial charge in [0.2, 0.25) is 0 Å². The second-order valence-corrected chi connectivity index (χ2v) is 21.7. The summed E-state index contributed by atoms with van der Waals surface area (Å²) in [7, 11) is 0. The molecule has 37 nitrogen and oxygen atoms in total. The van der Waals surface area contributed by atoms with E-state index >= 15 is 0 Å². The summed E-state index contributed by atoms with van der Waals surface area (Å²) in [5, 5.41) is 236. The lowest BCUT2D eigenvalue weighted by Gasteiger charge is -2.50. The smallest absolute Gasteiger partial charge is 0.335 e. The fraction of sp³-hybridized carbons (Fsp3) is 0.857. The number of rotatable bonds is 10. The van der Waals surface area contributed by atoms with Gasteiger partial charge in [-0.25, -0.2) is 4.79 Å². The van der Waals surface area contributed by atoms with Gasteiger partial charge in [0.15, 0.2) is 44.0 Å². The SMILES string of the molecule is O=C(O)c1cccc(NC[C@H]2O[C@@H]3O[C@H]4[C@H](O)[C@@H](O)[C@@H](O[C@H]5[C@H](O)[C@@H](O)[C@@H](O[C@H]6[C@H](O)[C@@H](O)[C@@H](O[C@H]7[C@H](O)[C@@H](O)[C@@H](O[C@H]8[C@H](O)[C@@H](O)[C@@H](O[C@H]9[C@H](O)[C@@H](O)[C@@H](O[C@H]2[C@H](O)[C@H]3O)O[C@@H]9CO)O[C@@H]8CO)O[C@@H]7CO)O[C@@H]6CO)O[C@@H]5CO)O[C@@H]4CO)c1. The Bertz CT molecular complexity index is 2300. The Labute approximate surface area is 485 Å². The number of carbonyl (C=O) groups is 1. The zero-order chi connectivity index (χ0) is 62.3. The molecule has 0 saturated carbocycles. The molecule has 0 spiro atoms. The highest BCUT2D eigenvalue weighted by molar-refractivity contribution is 5.88. The molecule has 0 aromatic heterocycles. The van der Waals surface area contributed by atoms with Gasteiger partial charge in [-0.2, -0.15) is 0 Å². The Kier molecular flexibility index (Phi) is 22.6. The highest BCUT2D eigenvalue weighted by atomic mass is 16.8. The number of hydrogen-bond acceptors (Lipinski definition) is 36. The number of aromatic carboxylic acids is 1. The summed E-state index contributed by atoms with van der Waals surface area (Å²) in [5.74, 6) is -1.32. The Morgan fingerprint density at radius 3 is 0.733 bits per heavy atom. The van der Waals surface area contributed by atoms with E-state index in [2.05, 4.69) is 5.32 Å². The van der Waals surface area contributed by atoms with Crippen LogP contribution in [0.1, 0.15) is 10.4 Å². The zero-order valence-electron chi connectivity index (χ0n) is 45.0. The van der Waals surface area contributed by atoms with Gasteiger partial charge in [0, 0.05) is 12.2 Å². The Balaban J connectivity index is 1.02. The van der Waals surface area contributed by atoms with Crippen molar-refractivity contribution < 1.29 is 178 Å². The standard InChI is InChI=1S/C49H75NO36/c51-6-15-36-23(59)30(66)45(75-15)83-38-17(8-53)77-47(32(68)25(38)61)85-40-19(10-55)79-49(34(70)27(40)63)86-41-20(11-56)78-48(33(69)26(41)62)84-39-18(9-54)76-46(31(67)24(39)60)82-37-16(7-52)74-44(29(65)22(37)58)80-35-14(73-43(81-36)28(64)21(35)57)5-50-13-3-1-2-12(4-13)42(71)72/h1-4,14-41,43-70H,5-11H2,(H,71,72)/t14-,15-,16-,17-,18-,19-,20-,21-,22-,23-,24-,25-,26-,27-,28-,29-,30-,31-,32-,33-,34-,35-,36-,37-,38-,39-,40-,41-,43-,44-,45-,46-,47-,48-,49-/m1/s1. The zero-order valence-corrected chi connectivity index (χ0v) is 45.0. The molecule has 37 heteroatoms. The molecule has 35 atom stereocenters. The molecule has 1 aromatic rings. The second kappa shape index (κ2) is 28.7. The first-order chi connectivity index (χ1) is 41.0. The van der Waals surface area contributed by atoms with Crippen molar-refractivity contribution in [1.29, 1.82) is 0 Å². The summed E-state index contributed by atoms with van der Waals surface area (Å²) in [6, 6.07) is 5.28. The van der Waals surface area contributed by atoms with Crippen LogP contribution < -0.4 is 5.32 Å². The maximum atomic E-state index is 11.8. The summed E-state index contributed by atoms with van der Waals surface area (Å²) in [6.45, 7) is -6.90. The van der Waals surface area contributed by atoms with Crippen LogP contribution >= 0.6 is 0 Å². The molecule has 21 aliphatic heterocycles. The highest BCUT2D eigenvalue weighted by Crippen LogP contribution is 2.39. The van der Waals surface area contributed by atoms with Crippen molar-refractivity contribution >= 4 is 11.7 Å². The summed E-state index contributed by atoms with van der Waals surface area (Å²) < 4.78 is 81.0. The molecule has 0 unspecified atom stereocenters. The number of nitrogens with one attached hydrogen (secondary N) is 1. The summed E-state index contributed by atoms with van der Waals surface area (Å²) in [5.41, 5.74) is -0.0407. The van der Waals surface area contributed by atoms with Crippen LogP contribution in [0.4, 0.5) is 5.69 Å². The molecule has 22 N–H and O–H groups in total. The number of aliphatic hydroxyl groups is 20. The maximum Gasteiger partial charge on any atom is 0.335 e. The number of carboxylic acids is 1. The number of carboxylic acid groups (broad SMARTS) is 1. The molecule has 0 aliphatic carbocycles. The molecule has 86 heavy (non-hydrogen) atoms. The van der Waals surface area contributed by atoms with Crippen molar-refractivity contribution in [3.8, 4) is 0 Å². The fourth-order valence-electron chi connectivity index (χ4n) is 11.4. The summed E-state index contributed by atoms with van der Waals surface area (Å²) in [6.07, 6.45) is -71.0. The van der Waals surface area contributed by atoms with E-state index in [-0.39, 0.29) is 11.3 Å². The average molecular weight is 1250 g/mol. The van der Waals surface area contributed by atoms with Crippen molar-refractivity contribution in [3.05, 3.63) is 29.8 Å². The predicted molar refractivity (Wildman–Crippen MR) is 263 cm³/mol. The van der Waals surface area contributed by atoms with Gasteiger partial charge in [-0.05, 0) is 18.2 Å². The van der Waals surface area contributed by atoms with Crippen molar-refractivity contribution in [2.24, 2.45) is 0 Å². The molecule has 22 rings (SSSR count). The van der Waals surface area contributed by atoms with Gasteiger partial charge in [-0.15, -0.1) is 0 Å². The van der Waals surface area contributed by atoms with E-state index in [1.54, 1.807) is 0 Å². The predicted octanol–water partition coefficient (Wildman–Crippen LogP) is -13.4. The van der Waals surface area contributed by atoms with E-state index in [1.807, 2.05) is 0 Å². The van der Waals surface area contributed by atoms with Crippen LogP contribution in [0.2, 0.25) is 0 Å². The van der Waals surface area contributed by atoms with Crippen LogP contribution in [-0.4, -0.2) is 374 Å². The third-order valence-corrected chi connectivity index (χ3v) is 16.2. The molecule has 21 fully saturated rings. The van der Waals surface area contributed by atoms with Gasteiger partial charge < -0.3 is 179 Å². The third-order valence-electron chi connectivity index (χ3n) is 16.2. The minimum Gasteiger partial charge on any atom is -0.478 e. The largest absolute Gasteiger partial charge is 0.478 e. The van der Waals surface area contributed by atoms with E-state index in [4.69, 9.17) is 66.3 Å². The second-order valence-electron chi connectivity index (χ2n) is 21.7. The van der Waals surface area contributed by atoms with Crippen LogP contribution in [0.25, 0.3) is 0 Å². The quantitative estimate of drug-likeness (QED) is 0.103. The lowest BCUT2D eigenvalue weighted by molar-refractivity contribution is -0.396. The molecular formula is C49H75NO36. The first kappa shape index (κ1) is 67.5. The first-order valence-electron chi connectivity index (χ1n) is 27.4. The van der Waals surface area contributed by atoms with E-state index < -0.39 is 267 Å². The molecular weight excluding hydrogens is 1180 g/mol. The van der Waals surface area contributed by atoms with Crippen LogP contribution in [0, 0.1) is 0 Å². The lowest BCUT2D eigenvalue weighted by Crippen LogP contribution is -2.68. The molecule has 21 heterocycles. The molecule has 21 saturated heterocycles. The maximum absolute atomic E-state index is 11.8. The van der Waals surface area contributed by atoms with E-state index in [1.165, 1.54) is 24.3 Å². The van der Waals surface area contributed by atoms with Crippen molar-refractivity contribution in [3.63, 3.8) is 0 Å². The number of aliphatic hydroxyl groups excluding tert-OH is 20. The van der Waals surface area contributed by atoms with Crippen molar-refractivity contribution in [1.82, 2.24) is 0 Å². The normalized spacial score (nSPS) is 50.7. The van der Waals surface area contributed by atoms with Gasteiger partial charge in [-0.3, -0.25) is 0 Å². The van der Waals surface area contributed by atoms with Crippen molar-refractivity contribution in [2.75, 3.05) is 51.5 Å². The number of benzene rings is 1. The molecule has 1 aromatic carbocycles. The van der Waals surface area contributed by atoms with Gasteiger partial charge in [0.1, 0.15) is 171 Å². The van der Waals surface area contributed by atoms with Crippen LogP contribution in [0.3, 0.4) is 0 Å². The molecule has 0 radical (unpaired) electrons. The molecule has 492 valence electrons. The summed E-state index contributed by atoms with van der Waals surface area (Å²) >= 11 is 0. The minimum absolute atomic E-state index is 0.139. The monoisotopic (exact) mass is 1250 g/mol. The van der Waals surface area contributed by atoms with E-state index in [0.717, 1.165) is 0 Å². The number of anilines is 1. The minimum atomic E-state index is -2.25. The van der Waals surface area contributed by atoms with Crippen molar-refractivity contribution in [2.45, 2.75) is 215 Å². The Morgan fingerprint density at radius 1 is 0.314 bits per heavy atom. The fourth-order valence-corrected chi connectivity index (χ4v) is 11.4. The van der Waals surface area contributed by atoms with Gasteiger partial charge in [0.05, 0.1) is 45.2 Å². The summed E-state index contributed by atoms with van der Waals surface area (Å²) in [4.78, 5) is 11.8. The molecule has 14 bridgehead atoms. The van der Waals surface area contributed by atoms with E-state index in [0.29, 0.717) is 0 Å². The van der Waals surface area contributed by atoms with Gasteiger partial charge in [0.25, 0.3) is 0 Å². The lowest BCUT2D eigenvalue weighted by atomic mass is 9.95.